The molecule has 0 aromatic heterocycles. The van der Waals surface area contributed by atoms with Gasteiger partial charge < -0.3 is 4.90 Å². The normalized spacial score (nSPS) is 15.2. The fourth-order valence-electron chi connectivity index (χ4n) is 4.12. The van der Waals surface area contributed by atoms with Crippen LogP contribution in [0.5, 0.6) is 0 Å². The zero-order chi connectivity index (χ0) is 22.7. The van der Waals surface area contributed by atoms with Gasteiger partial charge in [-0.2, -0.15) is 0 Å². The lowest BCUT2D eigenvalue weighted by Gasteiger charge is -2.36. The molecule has 4 rings (SSSR count). The van der Waals surface area contributed by atoms with Crippen molar-refractivity contribution in [3.8, 4) is 0 Å². The summed E-state index contributed by atoms with van der Waals surface area (Å²) in [5, 5.41) is 0.509. The third-order valence-electron chi connectivity index (χ3n) is 5.99. The van der Waals surface area contributed by atoms with Crippen LogP contribution in [0.15, 0.2) is 77.7 Å². The first kappa shape index (κ1) is 22.8. The Kier molecular flexibility index (Phi) is 6.86. The Bertz CT molecular complexity index is 1160. The predicted octanol–water partition coefficient (Wildman–Crippen LogP) is 4.48. The second kappa shape index (κ2) is 9.63. The largest absolute Gasteiger partial charge is 0.378 e. The van der Waals surface area contributed by atoms with Gasteiger partial charge in [0, 0.05) is 50.5 Å². The van der Waals surface area contributed by atoms with Crippen LogP contribution in [0.25, 0.3) is 0 Å². The van der Waals surface area contributed by atoms with Gasteiger partial charge in [0.05, 0.1) is 4.90 Å². The fourth-order valence-corrected chi connectivity index (χ4v) is 5.29. The van der Waals surface area contributed by atoms with Crippen LogP contribution < -0.4 is 9.62 Å². The molecular formula is C25H28ClN3O2S. The maximum absolute atomic E-state index is 12.9. The third kappa shape index (κ3) is 5.15. The lowest BCUT2D eigenvalue weighted by atomic mass is 9.96. The van der Waals surface area contributed by atoms with Crippen molar-refractivity contribution in [2.45, 2.75) is 23.9 Å². The molecule has 0 aliphatic carbocycles. The van der Waals surface area contributed by atoms with Crippen molar-refractivity contribution in [1.29, 1.82) is 0 Å². The van der Waals surface area contributed by atoms with E-state index in [9.17, 15) is 8.42 Å². The minimum absolute atomic E-state index is 0.0818. The molecule has 3 aromatic carbocycles. The van der Waals surface area contributed by atoms with Crippen molar-refractivity contribution in [3.63, 3.8) is 0 Å². The average Bonchev–Trinajstić information content (AvgIpc) is 2.79. The number of hydrogen-bond acceptors (Lipinski definition) is 4. The molecule has 1 aliphatic heterocycles. The summed E-state index contributed by atoms with van der Waals surface area (Å²) in [6.45, 7) is 1.95. The van der Waals surface area contributed by atoms with Gasteiger partial charge >= 0.3 is 0 Å². The van der Waals surface area contributed by atoms with Crippen molar-refractivity contribution in [2.75, 3.05) is 32.1 Å². The van der Waals surface area contributed by atoms with E-state index in [-0.39, 0.29) is 17.5 Å². The van der Waals surface area contributed by atoms with Gasteiger partial charge in [-0.05, 0) is 59.5 Å². The van der Waals surface area contributed by atoms with Crippen molar-refractivity contribution in [1.82, 2.24) is 9.62 Å². The van der Waals surface area contributed by atoms with Crippen LogP contribution in [-0.2, 0) is 23.0 Å². The Morgan fingerprint density at radius 2 is 1.62 bits per heavy atom. The van der Waals surface area contributed by atoms with Gasteiger partial charge in [-0.3, -0.25) is 4.90 Å². The molecule has 0 saturated heterocycles. The van der Waals surface area contributed by atoms with E-state index in [0.717, 1.165) is 30.8 Å². The number of fused-ring (bicyclic) bond motifs is 1. The standard InChI is InChI=1S/C25H28ClN3O2S/c1-28(2)23-11-7-20(8-12-23)25(29-16-15-19-5-3-4-6-21(19)18-29)17-27-32(30,31)24-13-9-22(26)10-14-24/h3-14,25,27H,15-18H2,1-2H3/t25-/m0/s1. The van der Waals surface area contributed by atoms with Gasteiger partial charge in [0.2, 0.25) is 10.0 Å². The van der Waals surface area contributed by atoms with Gasteiger partial charge in [-0.15, -0.1) is 0 Å². The van der Waals surface area contributed by atoms with Crippen LogP contribution >= 0.6 is 11.6 Å². The molecule has 0 radical (unpaired) electrons. The van der Waals surface area contributed by atoms with Gasteiger partial charge in [0.25, 0.3) is 0 Å². The topological polar surface area (TPSA) is 52.7 Å². The molecule has 0 saturated carbocycles. The molecular weight excluding hydrogens is 442 g/mol. The van der Waals surface area contributed by atoms with Gasteiger partial charge in [0.15, 0.2) is 0 Å². The molecule has 3 aromatic rings. The monoisotopic (exact) mass is 469 g/mol. The van der Waals surface area contributed by atoms with E-state index < -0.39 is 10.0 Å². The lowest BCUT2D eigenvalue weighted by molar-refractivity contribution is 0.180. The van der Waals surface area contributed by atoms with Crippen LogP contribution in [0.4, 0.5) is 5.69 Å². The molecule has 5 nitrogen and oxygen atoms in total. The number of nitrogens with zero attached hydrogens (tertiary/aromatic N) is 2. The summed E-state index contributed by atoms with van der Waals surface area (Å²) in [6, 6.07) is 23.0. The summed E-state index contributed by atoms with van der Waals surface area (Å²) in [4.78, 5) is 4.63. The Labute approximate surface area is 195 Å². The Morgan fingerprint density at radius 3 is 2.28 bits per heavy atom. The SMILES string of the molecule is CN(C)c1ccc([C@H](CNS(=O)(=O)c2ccc(Cl)cc2)N2CCc3ccccc3C2)cc1. The summed E-state index contributed by atoms with van der Waals surface area (Å²) < 4.78 is 28.7. The van der Waals surface area contributed by atoms with E-state index in [1.54, 1.807) is 12.1 Å². The highest BCUT2D eigenvalue weighted by Crippen LogP contribution is 2.29. The van der Waals surface area contributed by atoms with Crippen LogP contribution in [0.3, 0.4) is 0 Å². The lowest BCUT2D eigenvalue weighted by Crippen LogP contribution is -2.40. The smallest absolute Gasteiger partial charge is 0.240 e. The Hall–Kier alpha value is -2.38. The molecule has 0 unspecified atom stereocenters. The highest BCUT2D eigenvalue weighted by atomic mass is 35.5. The van der Waals surface area contributed by atoms with E-state index in [1.807, 2.05) is 14.1 Å². The summed E-state index contributed by atoms with van der Waals surface area (Å²) in [7, 11) is 0.372. The summed E-state index contributed by atoms with van der Waals surface area (Å²) in [5.41, 5.74) is 4.87. The number of sulfonamides is 1. The highest BCUT2D eigenvalue weighted by Gasteiger charge is 2.26. The third-order valence-corrected chi connectivity index (χ3v) is 7.68. The van der Waals surface area contributed by atoms with Crippen molar-refractivity contribution >= 4 is 27.3 Å². The molecule has 1 heterocycles. The van der Waals surface area contributed by atoms with Gasteiger partial charge in [0.1, 0.15) is 0 Å². The van der Waals surface area contributed by atoms with Gasteiger partial charge in [-0.25, -0.2) is 13.1 Å². The number of halogens is 1. The molecule has 1 N–H and O–H groups in total. The maximum Gasteiger partial charge on any atom is 0.240 e. The predicted molar refractivity (Wildman–Crippen MR) is 131 cm³/mol. The Balaban J connectivity index is 1.59. The molecule has 1 atom stereocenters. The van der Waals surface area contributed by atoms with E-state index in [4.69, 9.17) is 11.6 Å². The first-order valence-corrected chi connectivity index (χ1v) is 12.5. The minimum Gasteiger partial charge on any atom is -0.378 e. The van der Waals surface area contributed by atoms with Gasteiger partial charge in [-0.1, -0.05) is 48.0 Å². The zero-order valence-corrected chi connectivity index (χ0v) is 19.9. The van der Waals surface area contributed by atoms with E-state index in [0.29, 0.717) is 5.02 Å². The number of anilines is 1. The molecule has 7 heteroatoms. The van der Waals surface area contributed by atoms with E-state index in [2.05, 4.69) is 63.1 Å². The van der Waals surface area contributed by atoms with Crippen molar-refractivity contribution in [2.24, 2.45) is 0 Å². The number of rotatable bonds is 7. The van der Waals surface area contributed by atoms with E-state index in [1.165, 1.54) is 23.3 Å². The molecule has 0 fully saturated rings. The van der Waals surface area contributed by atoms with Crippen LogP contribution in [0.1, 0.15) is 22.7 Å². The first-order chi connectivity index (χ1) is 15.3. The number of hydrogen-bond donors (Lipinski definition) is 1. The number of benzene rings is 3. The molecule has 1 aliphatic rings. The second-order valence-corrected chi connectivity index (χ2v) is 10.5. The Morgan fingerprint density at radius 1 is 0.969 bits per heavy atom. The van der Waals surface area contributed by atoms with E-state index >= 15 is 0 Å². The maximum atomic E-state index is 12.9. The zero-order valence-electron chi connectivity index (χ0n) is 18.3. The molecule has 168 valence electrons. The summed E-state index contributed by atoms with van der Waals surface area (Å²) >= 11 is 5.92. The van der Waals surface area contributed by atoms with Crippen LogP contribution in [0.2, 0.25) is 5.02 Å². The van der Waals surface area contributed by atoms with Crippen molar-refractivity contribution < 1.29 is 8.42 Å². The number of nitrogens with one attached hydrogen (secondary N) is 1. The fraction of sp³-hybridized carbons (Fsp3) is 0.280. The first-order valence-electron chi connectivity index (χ1n) is 10.7. The molecule has 0 bridgehead atoms. The minimum atomic E-state index is -3.64. The van der Waals surface area contributed by atoms with Crippen LogP contribution in [0, 0.1) is 0 Å². The molecule has 32 heavy (non-hydrogen) atoms. The van der Waals surface area contributed by atoms with Crippen LogP contribution in [-0.4, -0.2) is 40.5 Å². The van der Waals surface area contributed by atoms with Crippen molar-refractivity contribution in [3.05, 3.63) is 94.5 Å². The average molecular weight is 470 g/mol. The summed E-state index contributed by atoms with van der Waals surface area (Å²) in [6.07, 6.45) is 0.951. The molecule has 0 spiro atoms. The second-order valence-electron chi connectivity index (χ2n) is 8.30. The summed E-state index contributed by atoms with van der Waals surface area (Å²) in [5.74, 6) is 0. The quantitative estimate of drug-likeness (QED) is 0.554. The highest BCUT2D eigenvalue weighted by molar-refractivity contribution is 7.89. The molecule has 0 amide bonds.